The summed E-state index contributed by atoms with van der Waals surface area (Å²) >= 11 is 0. The van der Waals surface area contributed by atoms with Crippen LogP contribution in [0.2, 0.25) is 0 Å². The molecule has 3 aromatic carbocycles. The number of carbonyl (C=O) groups excluding carboxylic acids is 2. The summed E-state index contributed by atoms with van der Waals surface area (Å²) in [6, 6.07) is 16.8. The molecule has 7 rings (SSSR count). The van der Waals surface area contributed by atoms with Crippen molar-refractivity contribution in [2.24, 2.45) is 0 Å². The summed E-state index contributed by atoms with van der Waals surface area (Å²) in [5.41, 5.74) is 3.12. The van der Waals surface area contributed by atoms with Crippen molar-refractivity contribution in [1.82, 2.24) is 20.0 Å². The number of nitrogens with zero attached hydrogens (tertiary/aromatic N) is 3. The number of aryl methyl sites for hydroxylation is 1. The van der Waals surface area contributed by atoms with E-state index >= 15 is 0 Å². The van der Waals surface area contributed by atoms with Crippen molar-refractivity contribution < 1.29 is 28.2 Å². The lowest BCUT2D eigenvalue weighted by molar-refractivity contribution is 0.0687. The van der Waals surface area contributed by atoms with Gasteiger partial charge in [0.1, 0.15) is 23.0 Å². The molecule has 4 aromatic rings. The molecule has 4 heterocycles. The first-order chi connectivity index (χ1) is 20.4. The maximum atomic E-state index is 14.5. The number of nitrogens with one attached hydrogen (secondary N) is 1. The molecule has 42 heavy (non-hydrogen) atoms. The average Bonchev–Trinajstić information content (AvgIpc) is 3.50. The standard InChI is InChI=1S/C32H31FN4O5/c1-3-36-14-12-27(35-36)32(39)37-15-11-20-17-22-6-8-24(20)30(37)21-5-10-28(40-2)29(18-21)41-16-4-13-34-31(38)25-19-23(42-22)7-9-26(25)33/h5-10,12,14,17-19,30H,3-4,11,13,15-16H2,1-2H3,(H,34,38). The lowest BCUT2D eigenvalue weighted by Gasteiger charge is -2.37. The van der Waals surface area contributed by atoms with Crippen LogP contribution in [0.3, 0.4) is 0 Å². The Bertz CT molecular complexity index is 1650. The van der Waals surface area contributed by atoms with E-state index in [0.717, 1.165) is 16.7 Å². The minimum Gasteiger partial charge on any atom is -0.493 e. The lowest BCUT2D eigenvalue weighted by atomic mass is 9.87. The second-order valence-corrected chi connectivity index (χ2v) is 10.2. The number of amides is 2. The molecule has 3 aliphatic rings. The van der Waals surface area contributed by atoms with Gasteiger partial charge in [0.25, 0.3) is 11.8 Å². The molecule has 0 saturated carbocycles. The number of ether oxygens (including phenoxy) is 3. The highest BCUT2D eigenvalue weighted by atomic mass is 19.1. The van der Waals surface area contributed by atoms with Crippen LogP contribution in [0, 0.1) is 5.82 Å². The van der Waals surface area contributed by atoms with Crippen LogP contribution >= 0.6 is 0 Å². The Morgan fingerprint density at radius 1 is 1.12 bits per heavy atom. The summed E-state index contributed by atoms with van der Waals surface area (Å²) in [4.78, 5) is 28.4. The van der Waals surface area contributed by atoms with Gasteiger partial charge in [0.2, 0.25) is 0 Å². The number of methoxy groups -OCH3 is 1. The molecule has 1 N–H and O–H groups in total. The Labute approximate surface area is 242 Å². The summed E-state index contributed by atoms with van der Waals surface area (Å²) in [5.74, 6) is 0.655. The van der Waals surface area contributed by atoms with Crippen LogP contribution in [0.5, 0.6) is 23.0 Å². The van der Waals surface area contributed by atoms with Crippen molar-refractivity contribution >= 4 is 11.8 Å². The first kappa shape index (κ1) is 27.3. The van der Waals surface area contributed by atoms with Crippen LogP contribution in [-0.2, 0) is 13.0 Å². The monoisotopic (exact) mass is 570 g/mol. The van der Waals surface area contributed by atoms with Crippen molar-refractivity contribution in [2.75, 3.05) is 26.8 Å². The molecule has 10 heteroatoms. The predicted molar refractivity (Wildman–Crippen MR) is 153 cm³/mol. The fourth-order valence-electron chi connectivity index (χ4n) is 5.45. The Morgan fingerprint density at radius 2 is 1.95 bits per heavy atom. The van der Waals surface area contributed by atoms with Gasteiger partial charge in [-0.1, -0.05) is 12.1 Å². The third-order valence-electron chi connectivity index (χ3n) is 7.57. The number of aromatic nitrogens is 2. The number of halogens is 1. The predicted octanol–water partition coefficient (Wildman–Crippen LogP) is 5.14. The van der Waals surface area contributed by atoms with Crippen molar-refractivity contribution in [1.29, 1.82) is 0 Å². The maximum Gasteiger partial charge on any atom is 0.275 e. The van der Waals surface area contributed by atoms with Gasteiger partial charge in [0.05, 0.1) is 25.3 Å². The number of hydrogen-bond acceptors (Lipinski definition) is 6. The van der Waals surface area contributed by atoms with E-state index in [2.05, 4.69) is 10.4 Å². The molecule has 1 atom stereocenters. The van der Waals surface area contributed by atoms with Crippen molar-refractivity contribution in [3.05, 3.63) is 101 Å². The first-order valence-corrected chi connectivity index (χ1v) is 14.0. The average molecular weight is 571 g/mol. The molecule has 1 aromatic heterocycles. The molecule has 2 amide bonds. The molecule has 3 aliphatic heterocycles. The molecule has 0 saturated heterocycles. The van der Waals surface area contributed by atoms with Crippen LogP contribution in [0.25, 0.3) is 0 Å². The van der Waals surface area contributed by atoms with Crippen LogP contribution in [0.15, 0.2) is 66.9 Å². The quantitative estimate of drug-likeness (QED) is 0.367. The lowest BCUT2D eigenvalue weighted by Crippen LogP contribution is -2.41. The van der Waals surface area contributed by atoms with Gasteiger partial charge < -0.3 is 24.4 Å². The third-order valence-corrected chi connectivity index (χ3v) is 7.57. The molecular weight excluding hydrogens is 539 g/mol. The molecule has 0 spiro atoms. The number of benzene rings is 3. The normalized spacial score (nSPS) is 16.5. The Kier molecular flexibility index (Phi) is 7.52. The smallest absolute Gasteiger partial charge is 0.275 e. The zero-order chi connectivity index (χ0) is 29.2. The number of carbonyl (C=O) groups is 2. The van der Waals surface area contributed by atoms with Gasteiger partial charge in [-0.15, -0.1) is 0 Å². The summed E-state index contributed by atoms with van der Waals surface area (Å²) in [7, 11) is 1.57. The summed E-state index contributed by atoms with van der Waals surface area (Å²) in [6.45, 7) is 3.67. The first-order valence-electron chi connectivity index (χ1n) is 14.0. The molecule has 8 bridgehead atoms. The summed E-state index contributed by atoms with van der Waals surface area (Å²) in [5, 5.41) is 7.22. The minimum atomic E-state index is -0.631. The van der Waals surface area contributed by atoms with E-state index in [4.69, 9.17) is 14.2 Å². The molecule has 1 unspecified atom stereocenters. The van der Waals surface area contributed by atoms with Gasteiger partial charge in [0, 0.05) is 25.8 Å². The highest BCUT2D eigenvalue weighted by Gasteiger charge is 2.34. The van der Waals surface area contributed by atoms with Crippen LogP contribution in [0.4, 0.5) is 4.39 Å². The Hall–Kier alpha value is -4.86. The van der Waals surface area contributed by atoms with Crippen molar-refractivity contribution in [3.63, 3.8) is 0 Å². The molecule has 0 aliphatic carbocycles. The fourth-order valence-corrected chi connectivity index (χ4v) is 5.45. The second-order valence-electron chi connectivity index (χ2n) is 10.2. The van der Waals surface area contributed by atoms with E-state index in [9.17, 15) is 14.0 Å². The van der Waals surface area contributed by atoms with Crippen LogP contribution < -0.4 is 19.5 Å². The van der Waals surface area contributed by atoms with Gasteiger partial charge in [0.15, 0.2) is 11.5 Å². The number of fused-ring (bicyclic) bond motifs is 6. The summed E-state index contributed by atoms with van der Waals surface area (Å²) < 4.78 is 34.0. The van der Waals surface area contributed by atoms with E-state index in [1.165, 1.54) is 18.2 Å². The highest BCUT2D eigenvalue weighted by molar-refractivity contribution is 5.95. The zero-order valence-electron chi connectivity index (χ0n) is 23.4. The van der Waals surface area contributed by atoms with Gasteiger partial charge >= 0.3 is 0 Å². The molecule has 216 valence electrons. The fraction of sp³-hybridized carbons (Fsp3) is 0.281. The largest absolute Gasteiger partial charge is 0.493 e. The van der Waals surface area contributed by atoms with Crippen molar-refractivity contribution in [2.45, 2.75) is 32.4 Å². The maximum absolute atomic E-state index is 14.5. The molecule has 0 fully saturated rings. The minimum absolute atomic E-state index is 0.0957. The summed E-state index contributed by atoms with van der Waals surface area (Å²) in [6.07, 6.45) is 2.89. The molecule has 0 radical (unpaired) electrons. The zero-order valence-corrected chi connectivity index (χ0v) is 23.4. The highest BCUT2D eigenvalue weighted by Crippen LogP contribution is 2.41. The van der Waals surface area contributed by atoms with Gasteiger partial charge in [-0.05, 0) is 85.0 Å². The van der Waals surface area contributed by atoms with E-state index in [1.807, 2.05) is 48.2 Å². The van der Waals surface area contributed by atoms with E-state index in [-0.39, 0.29) is 24.6 Å². The van der Waals surface area contributed by atoms with Crippen LogP contribution in [-0.4, -0.2) is 53.3 Å². The Balaban J connectivity index is 1.45. The number of rotatable bonds is 3. The topological polar surface area (TPSA) is 94.9 Å². The van der Waals surface area contributed by atoms with E-state index in [1.54, 1.807) is 24.1 Å². The molecule has 9 nitrogen and oxygen atoms in total. The van der Waals surface area contributed by atoms with E-state index in [0.29, 0.717) is 54.6 Å². The molecular formula is C32H31FN4O5. The SMILES string of the molecule is CCn1ccc(C(=O)N2CCc3cc4ccc3C2c2ccc(OC)c(c2)OCCCNC(=O)c2cc(ccc2F)O4)n1. The third kappa shape index (κ3) is 5.27. The van der Waals surface area contributed by atoms with Crippen molar-refractivity contribution in [3.8, 4) is 23.0 Å². The second kappa shape index (κ2) is 11.6. The Morgan fingerprint density at radius 3 is 2.76 bits per heavy atom. The van der Waals surface area contributed by atoms with Crippen LogP contribution in [0.1, 0.15) is 56.9 Å². The van der Waals surface area contributed by atoms with Gasteiger partial charge in [-0.3, -0.25) is 14.3 Å². The van der Waals surface area contributed by atoms with Gasteiger partial charge in [-0.25, -0.2) is 4.39 Å². The van der Waals surface area contributed by atoms with Gasteiger partial charge in [-0.2, -0.15) is 5.10 Å². The van der Waals surface area contributed by atoms with E-state index < -0.39 is 17.8 Å². The number of hydrogen-bond donors (Lipinski definition) is 1.